The van der Waals surface area contributed by atoms with Crippen molar-refractivity contribution in [2.45, 2.75) is 66.0 Å². The van der Waals surface area contributed by atoms with E-state index in [0.717, 1.165) is 44.3 Å². The van der Waals surface area contributed by atoms with Gasteiger partial charge >= 0.3 is 6.09 Å². The van der Waals surface area contributed by atoms with Gasteiger partial charge in [-0.05, 0) is 65.0 Å². The minimum Gasteiger partial charge on any atom is -0.444 e. The van der Waals surface area contributed by atoms with Crippen LogP contribution in [0, 0.1) is 12.8 Å². The summed E-state index contributed by atoms with van der Waals surface area (Å²) >= 11 is 0. The normalized spacial score (nSPS) is 16.0. The maximum atomic E-state index is 12.2. The topological polar surface area (TPSA) is 82.1 Å². The summed E-state index contributed by atoms with van der Waals surface area (Å²) in [7, 11) is 1.77. The van der Waals surface area contributed by atoms with Crippen molar-refractivity contribution in [1.82, 2.24) is 20.5 Å². The predicted molar refractivity (Wildman–Crippen MR) is 147 cm³/mol. The Kier molecular flexibility index (Phi) is 12.2. The third-order valence-electron chi connectivity index (χ3n) is 5.25. The van der Waals surface area contributed by atoms with Gasteiger partial charge in [-0.15, -0.1) is 24.0 Å². The number of nitrogens with one attached hydrogen (secondary N) is 2. The Morgan fingerprint density at radius 2 is 2.00 bits per heavy atom. The highest BCUT2D eigenvalue weighted by molar-refractivity contribution is 14.0. The van der Waals surface area contributed by atoms with Crippen molar-refractivity contribution in [2.24, 2.45) is 10.9 Å². The van der Waals surface area contributed by atoms with Crippen LogP contribution in [0.5, 0.6) is 0 Å². The van der Waals surface area contributed by atoms with Gasteiger partial charge in [-0.25, -0.2) is 9.78 Å². The Balaban J connectivity index is 0.00000544. The molecule has 1 amide bonds. The maximum Gasteiger partial charge on any atom is 0.410 e. The van der Waals surface area contributed by atoms with Crippen molar-refractivity contribution in [1.29, 1.82) is 0 Å². The first-order chi connectivity index (χ1) is 15.1. The van der Waals surface area contributed by atoms with E-state index < -0.39 is 5.60 Å². The number of aryl methyl sites for hydroxylation is 1. The van der Waals surface area contributed by atoms with Crippen molar-refractivity contribution < 1.29 is 9.53 Å². The van der Waals surface area contributed by atoms with E-state index in [-0.39, 0.29) is 36.0 Å². The Labute approximate surface area is 217 Å². The largest absolute Gasteiger partial charge is 0.444 e. The molecule has 1 saturated heterocycles. The van der Waals surface area contributed by atoms with Gasteiger partial charge in [0, 0.05) is 52.0 Å². The molecule has 33 heavy (non-hydrogen) atoms. The first-order valence-electron chi connectivity index (χ1n) is 11.7. The fraction of sp³-hybridized carbons (Fsp3) is 0.708. The first kappa shape index (κ1) is 29.3. The molecule has 188 valence electrons. The zero-order valence-corrected chi connectivity index (χ0v) is 23.7. The summed E-state index contributed by atoms with van der Waals surface area (Å²) in [5, 5.41) is 6.94. The molecular formula is C24H43IN6O2. The lowest BCUT2D eigenvalue weighted by molar-refractivity contribution is 0.0279. The molecule has 8 nitrogen and oxygen atoms in total. The molecule has 1 aromatic heterocycles. The lowest BCUT2D eigenvalue weighted by Gasteiger charge is -2.34. The molecule has 0 aliphatic carbocycles. The van der Waals surface area contributed by atoms with E-state index in [1.807, 2.05) is 27.0 Å². The Bertz CT molecular complexity index is 742. The van der Waals surface area contributed by atoms with Crippen LogP contribution in [-0.2, 0) is 4.74 Å². The smallest absolute Gasteiger partial charge is 0.410 e. The fourth-order valence-electron chi connectivity index (χ4n) is 3.60. The predicted octanol–water partition coefficient (Wildman–Crippen LogP) is 4.03. The second-order valence-electron chi connectivity index (χ2n) is 9.79. The summed E-state index contributed by atoms with van der Waals surface area (Å²) in [5.41, 5.74) is 0.697. The Hall–Kier alpha value is -1.78. The quantitative estimate of drug-likeness (QED) is 0.291. The van der Waals surface area contributed by atoms with Gasteiger partial charge in [0.2, 0.25) is 0 Å². The average molecular weight is 575 g/mol. The number of anilines is 1. The Morgan fingerprint density at radius 3 is 2.55 bits per heavy atom. The highest BCUT2D eigenvalue weighted by Crippen LogP contribution is 2.18. The van der Waals surface area contributed by atoms with Crippen molar-refractivity contribution in [3.8, 4) is 0 Å². The molecule has 1 aromatic rings. The van der Waals surface area contributed by atoms with E-state index in [2.05, 4.69) is 53.4 Å². The van der Waals surface area contributed by atoms with E-state index >= 15 is 0 Å². The van der Waals surface area contributed by atoms with E-state index in [1.165, 1.54) is 5.56 Å². The molecule has 0 radical (unpaired) electrons. The van der Waals surface area contributed by atoms with Crippen LogP contribution in [0.1, 0.15) is 53.0 Å². The molecule has 2 N–H and O–H groups in total. The van der Waals surface area contributed by atoms with Crippen LogP contribution in [-0.4, -0.2) is 73.4 Å². The van der Waals surface area contributed by atoms with Crippen molar-refractivity contribution >= 4 is 41.8 Å². The van der Waals surface area contributed by atoms with Crippen LogP contribution < -0.4 is 15.5 Å². The number of piperidine rings is 1. The monoisotopic (exact) mass is 574 g/mol. The standard InChI is InChI=1S/C24H42N6O2.HI/c1-8-25-22(27-16-19(3)17-29(7)23(31)32-24(4,5)6)28-20-11-13-30(14-12-20)21-10-9-18(2)15-26-21;/h9-10,15,19-20H,8,11-14,16-17H2,1-7H3,(H2,25,27,28);1H. The van der Waals surface area contributed by atoms with E-state index in [0.29, 0.717) is 19.1 Å². The molecule has 0 aromatic carbocycles. The molecule has 1 fully saturated rings. The first-order valence-corrected chi connectivity index (χ1v) is 11.7. The van der Waals surface area contributed by atoms with E-state index in [1.54, 1.807) is 11.9 Å². The van der Waals surface area contributed by atoms with Gasteiger partial charge in [-0.1, -0.05) is 13.0 Å². The van der Waals surface area contributed by atoms with Gasteiger partial charge in [0.05, 0.1) is 0 Å². The lowest BCUT2D eigenvalue weighted by Crippen LogP contribution is -2.49. The summed E-state index contributed by atoms with van der Waals surface area (Å²) < 4.78 is 5.43. The number of carbonyl (C=O) groups is 1. The molecule has 0 spiro atoms. The molecule has 1 aliphatic heterocycles. The number of hydrogen-bond donors (Lipinski definition) is 2. The van der Waals surface area contributed by atoms with E-state index in [9.17, 15) is 4.79 Å². The van der Waals surface area contributed by atoms with Gasteiger partial charge in [-0.2, -0.15) is 0 Å². The molecule has 0 bridgehead atoms. The fourth-order valence-corrected chi connectivity index (χ4v) is 3.60. The number of aliphatic imine (C=N–C) groups is 1. The summed E-state index contributed by atoms with van der Waals surface area (Å²) in [6, 6.07) is 4.60. The van der Waals surface area contributed by atoms with E-state index in [4.69, 9.17) is 9.73 Å². The number of nitrogens with zero attached hydrogens (tertiary/aromatic N) is 4. The molecule has 2 heterocycles. The van der Waals surface area contributed by atoms with Crippen LogP contribution in [0.3, 0.4) is 0 Å². The van der Waals surface area contributed by atoms with Crippen molar-refractivity contribution in [3.63, 3.8) is 0 Å². The van der Waals surface area contributed by atoms with Crippen LogP contribution >= 0.6 is 24.0 Å². The summed E-state index contributed by atoms with van der Waals surface area (Å²) in [6.07, 6.45) is 3.71. The number of ether oxygens (including phenoxy) is 1. The second kappa shape index (κ2) is 13.8. The number of hydrogen-bond acceptors (Lipinski definition) is 5. The maximum absolute atomic E-state index is 12.2. The molecule has 9 heteroatoms. The molecular weight excluding hydrogens is 531 g/mol. The van der Waals surface area contributed by atoms with Crippen LogP contribution in [0.2, 0.25) is 0 Å². The number of aromatic nitrogens is 1. The molecule has 1 aliphatic rings. The van der Waals surface area contributed by atoms with Gasteiger partial charge in [0.25, 0.3) is 0 Å². The van der Waals surface area contributed by atoms with Gasteiger partial charge in [-0.3, -0.25) is 4.99 Å². The lowest BCUT2D eigenvalue weighted by atomic mass is 10.1. The van der Waals surface area contributed by atoms with Gasteiger partial charge < -0.3 is 25.2 Å². The molecule has 1 atom stereocenters. The molecule has 1 unspecified atom stereocenters. The van der Waals surface area contributed by atoms with Crippen molar-refractivity contribution in [3.05, 3.63) is 23.9 Å². The highest BCUT2D eigenvalue weighted by atomic mass is 127. The molecule has 0 saturated carbocycles. The number of halogens is 1. The van der Waals surface area contributed by atoms with Crippen LogP contribution in [0.4, 0.5) is 10.6 Å². The van der Waals surface area contributed by atoms with Gasteiger partial charge in [0.1, 0.15) is 11.4 Å². The number of guanidine groups is 1. The number of pyridine rings is 1. The number of carbonyl (C=O) groups excluding carboxylic acids is 1. The third kappa shape index (κ3) is 10.8. The zero-order valence-electron chi connectivity index (χ0n) is 21.4. The summed E-state index contributed by atoms with van der Waals surface area (Å²) in [6.45, 7) is 15.9. The SMILES string of the molecule is CCNC(=NCC(C)CN(C)C(=O)OC(C)(C)C)NC1CCN(c2ccc(C)cn2)CC1.I. The number of amides is 1. The minimum atomic E-state index is -0.486. The number of rotatable bonds is 7. The summed E-state index contributed by atoms with van der Waals surface area (Å²) in [5.74, 6) is 2.11. The Morgan fingerprint density at radius 1 is 1.33 bits per heavy atom. The zero-order chi connectivity index (χ0) is 23.7. The summed E-state index contributed by atoms with van der Waals surface area (Å²) in [4.78, 5) is 25.5. The third-order valence-corrected chi connectivity index (χ3v) is 5.25. The van der Waals surface area contributed by atoms with Crippen molar-refractivity contribution in [2.75, 3.05) is 44.7 Å². The second-order valence-corrected chi connectivity index (χ2v) is 9.79. The highest BCUT2D eigenvalue weighted by Gasteiger charge is 2.22. The van der Waals surface area contributed by atoms with Crippen LogP contribution in [0.25, 0.3) is 0 Å². The van der Waals surface area contributed by atoms with Crippen LogP contribution in [0.15, 0.2) is 23.3 Å². The average Bonchev–Trinajstić information content (AvgIpc) is 2.72. The minimum absolute atomic E-state index is 0. The van der Waals surface area contributed by atoms with Gasteiger partial charge in [0.15, 0.2) is 5.96 Å². The molecule has 2 rings (SSSR count).